The molecule has 0 saturated carbocycles. The van der Waals surface area contributed by atoms with Crippen molar-refractivity contribution in [3.63, 3.8) is 0 Å². The first-order chi connectivity index (χ1) is 7.08. The van der Waals surface area contributed by atoms with Crippen LogP contribution in [0.2, 0.25) is 0 Å². The molecule has 0 aromatic heterocycles. The molecule has 0 radical (unpaired) electrons. The van der Waals surface area contributed by atoms with Crippen LogP contribution in [0, 0.1) is 0 Å². The largest absolute Gasteiger partial charge is 0.398 e. The van der Waals surface area contributed by atoms with Gasteiger partial charge in [0.25, 0.3) is 0 Å². The molecule has 4 N–H and O–H groups in total. The molecule has 0 bridgehead atoms. The number of hydrogen-bond acceptors (Lipinski definition) is 2. The van der Waals surface area contributed by atoms with E-state index in [1.54, 1.807) is 0 Å². The average Bonchev–Trinajstić information content (AvgIpc) is 2.58. The van der Waals surface area contributed by atoms with Gasteiger partial charge in [0.1, 0.15) is 0 Å². The summed E-state index contributed by atoms with van der Waals surface area (Å²) in [6.45, 7) is 0.561. The molecule has 0 aliphatic carbocycles. The van der Waals surface area contributed by atoms with Crippen LogP contribution < -0.4 is 16.4 Å². The number of nitrogens with two attached hydrogens (primary N) is 1. The van der Waals surface area contributed by atoms with Crippen molar-refractivity contribution in [2.75, 3.05) is 12.3 Å². The number of nitrogen functional groups attached to an aromatic ring is 1. The zero-order chi connectivity index (χ0) is 11.0. The maximum atomic E-state index is 11.0. The molecule has 1 saturated heterocycles. The summed E-state index contributed by atoms with van der Waals surface area (Å²) in [7, 11) is 0. The molecule has 1 fully saturated rings. The van der Waals surface area contributed by atoms with Gasteiger partial charge in [0.2, 0.25) is 0 Å². The summed E-state index contributed by atoms with van der Waals surface area (Å²) in [5, 5.41) is 5.49. The lowest BCUT2D eigenvalue weighted by Gasteiger charge is -2.13. The highest BCUT2D eigenvalue weighted by Crippen LogP contribution is 2.32. The van der Waals surface area contributed by atoms with Crippen molar-refractivity contribution in [1.29, 1.82) is 0 Å². The third-order valence-corrected chi connectivity index (χ3v) is 3.39. The lowest BCUT2D eigenvalue weighted by Crippen LogP contribution is -2.22. The van der Waals surface area contributed by atoms with Gasteiger partial charge in [-0.25, -0.2) is 4.79 Å². The molecule has 6 heteroatoms. The Bertz CT molecular complexity index is 422. The van der Waals surface area contributed by atoms with Crippen molar-refractivity contribution >= 4 is 43.6 Å². The third-order valence-electron chi connectivity index (χ3n) is 2.27. The summed E-state index contributed by atoms with van der Waals surface area (Å²) in [6, 6.07) is 3.57. The van der Waals surface area contributed by atoms with Crippen molar-refractivity contribution in [3.8, 4) is 0 Å². The number of carbonyl (C=O) groups is 1. The highest BCUT2D eigenvalue weighted by molar-refractivity contribution is 9.11. The van der Waals surface area contributed by atoms with Gasteiger partial charge >= 0.3 is 6.03 Å². The van der Waals surface area contributed by atoms with E-state index in [1.165, 1.54) is 0 Å². The van der Waals surface area contributed by atoms with Crippen LogP contribution in [0.25, 0.3) is 0 Å². The van der Waals surface area contributed by atoms with Crippen LogP contribution in [0.5, 0.6) is 0 Å². The summed E-state index contributed by atoms with van der Waals surface area (Å²) < 4.78 is 1.76. The summed E-state index contributed by atoms with van der Waals surface area (Å²) >= 11 is 6.76. The van der Waals surface area contributed by atoms with Crippen molar-refractivity contribution in [1.82, 2.24) is 10.6 Å². The van der Waals surface area contributed by atoms with Crippen LogP contribution in [0.3, 0.4) is 0 Å². The minimum Gasteiger partial charge on any atom is -0.398 e. The SMILES string of the molecule is Nc1c(Br)cc(Br)cc1[C@@H]1CNC(=O)N1. The van der Waals surface area contributed by atoms with E-state index < -0.39 is 0 Å². The predicted molar refractivity (Wildman–Crippen MR) is 65.5 cm³/mol. The summed E-state index contributed by atoms with van der Waals surface area (Å²) in [5.74, 6) is 0. The first kappa shape index (κ1) is 10.8. The van der Waals surface area contributed by atoms with E-state index in [-0.39, 0.29) is 12.1 Å². The number of urea groups is 1. The molecule has 4 nitrogen and oxygen atoms in total. The maximum absolute atomic E-state index is 11.0. The van der Waals surface area contributed by atoms with E-state index >= 15 is 0 Å². The standard InChI is InChI=1S/C9H9Br2N3O/c10-4-1-5(8(12)6(11)2-4)7-3-13-9(15)14-7/h1-2,7H,3,12H2,(H2,13,14,15)/t7-/m0/s1. The van der Waals surface area contributed by atoms with Gasteiger partial charge in [0.15, 0.2) is 0 Å². The Morgan fingerprint density at radius 2 is 2.13 bits per heavy atom. The van der Waals surface area contributed by atoms with Crippen LogP contribution in [0.4, 0.5) is 10.5 Å². The zero-order valence-electron chi connectivity index (χ0n) is 7.68. The fourth-order valence-electron chi connectivity index (χ4n) is 1.54. The van der Waals surface area contributed by atoms with E-state index in [0.29, 0.717) is 12.2 Å². The van der Waals surface area contributed by atoms with Gasteiger partial charge in [-0.3, -0.25) is 0 Å². The highest BCUT2D eigenvalue weighted by atomic mass is 79.9. The Hall–Kier alpha value is -0.750. The van der Waals surface area contributed by atoms with Gasteiger partial charge in [-0.05, 0) is 28.1 Å². The number of nitrogens with one attached hydrogen (secondary N) is 2. The molecule has 1 heterocycles. The fourth-order valence-corrected chi connectivity index (χ4v) is 2.79. The molecule has 0 unspecified atom stereocenters. The second-order valence-corrected chi connectivity index (χ2v) is 5.07. The van der Waals surface area contributed by atoms with Crippen LogP contribution >= 0.6 is 31.9 Å². The molecule has 1 aromatic rings. The molecule has 2 rings (SSSR count). The first-order valence-corrected chi connectivity index (χ1v) is 5.95. The predicted octanol–water partition coefficient (Wildman–Crippen LogP) is 2.15. The normalized spacial score (nSPS) is 19.9. The Labute approximate surface area is 104 Å². The number of hydrogen-bond donors (Lipinski definition) is 3. The van der Waals surface area contributed by atoms with Crippen molar-refractivity contribution in [2.45, 2.75) is 6.04 Å². The molecule has 1 atom stereocenters. The summed E-state index contributed by atoms with van der Waals surface area (Å²) in [5.41, 5.74) is 7.50. The molecular formula is C9H9Br2N3O. The lowest BCUT2D eigenvalue weighted by atomic mass is 10.1. The topological polar surface area (TPSA) is 67.1 Å². The zero-order valence-corrected chi connectivity index (χ0v) is 10.9. The minimum absolute atomic E-state index is 0.0636. The van der Waals surface area contributed by atoms with Crippen molar-refractivity contribution in [3.05, 3.63) is 26.6 Å². The minimum atomic E-state index is -0.157. The van der Waals surface area contributed by atoms with Crippen LogP contribution in [-0.4, -0.2) is 12.6 Å². The van der Waals surface area contributed by atoms with Crippen LogP contribution in [0.1, 0.15) is 11.6 Å². The Morgan fingerprint density at radius 3 is 2.73 bits per heavy atom. The monoisotopic (exact) mass is 333 g/mol. The molecular weight excluding hydrogens is 326 g/mol. The fraction of sp³-hybridized carbons (Fsp3) is 0.222. The van der Waals surface area contributed by atoms with Crippen LogP contribution in [-0.2, 0) is 0 Å². The number of rotatable bonds is 1. The molecule has 1 aliphatic rings. The van der Waals surface area contributed by atoms with Gasteiger partial charge < -0.3 is 16.4 Å². The number of anilines is 1. The van der Waals surface area contributed by atoms with Crippen molar-refractivity contribution < 1.29 is 4.79 Å². The number of benzene rings is 1. The lowest BCUT2D eigenvalue weighted by molar-refractivity contribution is 0.247. The Balaban J connectivity index is 2.39. The van der Waals surface area contributed by atoms with E-state index in [4.69, 9.17) is 5.73 Å². The molecule has 15 heavy (non-hydrogen) atoms. The van der Waals surface area contributed by atoms with Gasteiger partial charge in [-0.2, -0.15) is 0 Å². The smallest absolute Gasteiger partial charge is 0.315 e. The molecule has 1 aromatic carbocycles. The quantitative estimate of drug-likeness (QED) is 0.689. The van der Waals surface area contributed by atoms with Gasteiger partial charge in [-0.15, -0.1) is 0 Å². The summed E-state index contributed by atoms with van der Waals surface area (Å²) in [4.78, 5) is 11.0. The van der Waals surface area contributed by atoms with E-state index in [9.17, 15) is 4.79 Å². The second kappa shape index (κ2) is 4.02. The molecule has 2 amide bonds. The molecule has 80 valence electrons. The summed E-state index contributed by atoms with van der Waals surface area (Å²) in [6.07, 6.45) is 0. The van der Waals surface area contributed by atoms with Crippen LogP contribution in [0.15, 0.2) is 21.1 Å². The van der Waals surface area contributed by atoms with Crippen molar-refractivity contribution in [2.24, 2.45) is 0 Å². The Kier molecular flexibility index (Phi) is 2.88. The highest BCUT2D eigenvalue weighted by Gasteiger charge is 2.24. The van der Waals surface area contributed by atoms with E-state index in [1.807, 2.05) is 12.1 Å². The Morgan fingerprint density at radius 1 is 1.40 bits per heavy atom. The third kappa shape index (κ3) is 2.10. The number of halogens is 2. The second-order valence-electron chi connectivity index (χ2n) is 3.30. The number of amides is 2. The maximum Gasteiger partial charge on any atom is 0.315 e. The van der Waals surface area contributed by atoms with Gasteiger partial charge in [0.05, 0.1) is 11.7 Å². The molecule has 0 spiro atoms. The average molecular weight is 335 g/mol. The van der Waals surface area contributed by atoms with Gasteiger partial charge in [0, 0.05) is 21.1 Å². The van der Waals surface area contributed by atoms with E-state index in [2.05, 4.69) is 42.5 Å². The van der Waals surface area contributed by atoms with Gasteiger partial charge in [-0.1, -0.05) is 15.9 Å². The number of carbonyl (C=O) groups excluding carboxylic acids is 1. The molecule has 1 aliphatic heterocycles. The first-order valence-electron chi connectivity index (χ1n) is 4.36. The van der Waals surface area contributed by atoms with E-state index in [0.717, 1.165) is 14.5 Å².